The summed E-state index contributed by atoms with van der Waals surface area (Å²) in [5, 5.41) is 5.69. The van der Waals surface area contributed by atoms with Gasteiger partial charge in [0.05, 0.1) is 34.4 Å². The van der Waals surface area contributed by atoms with E-state index >= 15 is 0 Å². The molecule has 4 rings (SSSR count). The van der Waals surface area contributed by atoms with Crippen LogP contribution in [0.5, 0.6) is 0 Å². The summed E-state index contributed by atoms with van der Waals surface area (Å²) in [5.41, 5.74) is 1.17. The lowest BCUT2D eigenvalue weighted by atomic mass is 10.0. The molecular weight excluding hydrogens is 349 g/mol. The lowest BCUT2D eigenvalue weighted by molar-refractivity contribution is 0.0964. The highest BCUT2D eigenvalue weighted by Crippen LogP contribution is 2.26. The van der Waals surface area contributed by atoms with E-state index in [1.165, 1.54) is 17.8 Å². The predicted molar refractivity (Wildman–Crippen MR) is 101 cm³/mol. The van der Waals surface area contributed by atoms with Crippen LogP contribution in [-0.4, -0.2) is 40.8 Å². The summed E-state index contributed by atoms with van der Waals surface area (Å²) in [6.07, 6.45) is 5.09. The number of nitrogens with zero attached hydrogens (tertiary/aromatic N) is 3. The molecule has 27 heavy (non-hydrogen) atoms. The number of rotatable bonds is 3. The van der Waals surface area contributed by atoms with Gasteiger partial charge in [0.2, 0.25) is 0 Å². The van der Waals surface area contributed by atoms with Gasteiger partial charge in [-0.3, -0.25) is 19.7 Å². The number of anilines is 1. The molecule has 140 valence electrons. The van der Waals surface area contributed by atoms with Gasteiger partial charge in [-0.25, -0.2) is 9.07 Å². The second-order valence-corrected chi connectivity index (χ2v) is 6.67. The largest absolute Gasteiger partial charge is 0.370 e. The number of H-pyrrole nitrogens is 1. The number of aromatic amines is 1. The molecule has 1 aromatic carbocycles. The van der Waals surface area contributed by atoms with Crippen molar-refractivity contribution < 1.29 is 9.18 Å². The number of aromatic nitrogens is 3. The molecule has 2 N–H and O–H groups in total. The van der Waals surface area contributed by atoms with E-state index in [-0.39, 0.29) is 22.6 Å². The highest BCUT2D eigenvalue weighted by molar-refractivity contribution is 6.05. The number of fused-ring (bicyclic) bond motifs is 1. The summed E-state index contributed by atoms with van der Waals surface area (Å²) in [6, 6.07) is 6.24. The molecule has 8 heteroatoms. The molecule has 3 aromatic rings. The van der Waals surface area contributed by atoms with Crippen LogP contribution in [0.25, 0.3) is 10.9 Å². The first-order chi connectivity index (χ1) is 13.1. The van der Waals surface area contributed by atoms with Gasteiger partial charge in [0.25, 0.3) is 11.5 Å². The minimum atomic E-state index is -0.555. The van der Waals surface area contributed by atoms with Crippen LogP contribution in [0, 0.1) is 5.82 Å². The van der Waals surface area contributed by atoms with Gasteiger partial charge >= 0.3 is 0 Å². The maximum atomic E-state index is 13.9. The Kier molecular flexibility index (Phi) is 4.39. The van der Waals surface area contributed by atoms with Crippen LogP contribution in [0.15, 0.2) is 41.5 Å². The van der Waals surface area contributed by atoms with Gasteiger partial charge in [-0.1, -0.05) is 0 Å². The Hall–Kier alpha value is -3.16. The van der Waals surface area contributed by atoms with Crippen LogP contribution < -0.4 is 15.8 Å². The fraction of sp³-hybridized carbons (Fsp3) is 0.316. The fourth-order valence-electron chi connectivity index (χ4n) is 3.72. The highest BCUT2D eigenvalue weighted by atomic mass is 19.1. The standard InChI is InChI=1S/C19H20FN5O2/c1-21-18(26)15-9-12(20)10-16-17(15)19(27)25(23-16)13-4-7-24(8-5-13)14-3-2-6-22-11-14/h2-3,6,9-11,13,23H,4-5,7-8H2,1H3,(H,21,26). The van der Waals surface area contributed by atoms with E-state index in [2.05, 4.69) is 20.3 Å². The van der Waals surface area contributed by atoms with Crippen molar-refractivity contribution in [3.8, 4) is 0 Å². The maximum Gasteiger partial charge on any atom is 0.275 e. The van der Waals surface area contributed by atoms with Crippen molar-refractivity contribution in [3.05, 3.63) is 58.4 Å². The second kappa shape index (κ2) is 6.86. The summed E-state index contributed by atoms with van der Waals surface area (Å²) < 4.78 is 15.4. The highest BCUT2D eigenvalue weighted by Gasteiger charge is 2.25. The summed E-state index contributed by atoms with van der Waals surface area (Å²) in [4.78, 5) is 31.4. The average molecular weight is 369 g/mol. The van der Waals surface area contributed by atoms with E-state index in [4.69, 9.17) is 0 Å². The molecule has 0 spiro atoms. The molecule has 2 aromatic heterocycles. The molecule has 0 unspecified atom stereocenters. The third-order valence-electron chi connectivity index (χ3n) is 5.09. The van der Waals surface area contributed by atoms with E-state index in [9.17, 15) is 14.0 Å². The fourth-order valence-corrected chi connectivity index (χ4v) is 3.72. The van der Waals surface area contributed by atoms with Crippen molar-refractivity contribution in [2.45, 2.75) is 18.9 Å². The minimum absolute atomic E-state index is 0.0292. The SMILES string of the molecule is CNC(=O)c1cc(F)cc2[nH]n(C3CCN(c4cccnc4)CC3)c(=O)c12. The van der Waals surface area contributed by atoms with Crippen LogP contribution >= 0.6 is 0 Å². The topological polar surface area (TPSA) is 83.0 Å². The van der Waals surface area contributed by atoms with Gasteiger partial charge in [-0.2, -0.15) is 0 Å². The summed E-state index contributed by atoms with van der Waals surface area (Å²) in [7, 11) is 1.46. The van der Waals surface area contributed by atoms with E-state index in [1.807, 2.05) is 18.3 Å². The van der Waals surface area contributed by atoms with Crippen molar-refractivity contribution in [2.24, 2.45) is 0 Å². The zero-order chi connectivity index (χ0) is 19.0. The summed E-state index contributed by atoms with van der Waals surface area (Å²) in [6.45, 7) is 1.57. The minimum Gasteiger partial charge on any atom is -0.370 e. The van der Waals surface area contributed by atoms with Crippen molar-refractivity contribution in [3.63, 3.8) is 0 Å². The van der Waals surface area contributed by atoms with Crippen LogP contribution in [0.2, 0.25) is 0 Å². The zero-order valence-corrected chi connectivity index (χ0v) is 14.9. The number of hydrogen-bond donors (Lipinski definition) is 2. The van der Waals surface area contributed by atoms with Gasteiger partial charge in [-0.15, -0.1) is 0 Å². The lowest BCUT2D eigenvalue weighted by Crippen LogP contribution is -2.37. The molecule has 0 radical (unpaired) electrons. The summed E-state index contributed by atoms with van der Waals surface area (Å²) >= 11 is 0. The van der Waals surface area contributed by atoms with Crippen LogP contribution in [0.1, 0.15) is 29.2 Å². The van der Waals surface area contributed by atoms with Crippen LogP contribution in [0.4, 0.5) is 10.1 Å². The summed E-state index contributed by atoms with van der Waals surface area (Å²) in [5.74, 6) is -1.03. The molecular formula is C19H20FN5O2. The molecule has 1 saturated heterocycles. The molecule has 0 atom stereocenters. The number of carbonyl (C=O) groups is 1. The van der Waals surface area contributed by atoms with Crippen molar-refractivity contribution in [1.82, 2.24) is 20.1 Å². The Morgan fingerprint density at radius 1 is 1.33 bits per heavy atom. The van der Waals surface area contributed by atoms with Gasteiger partial charge in [0.15, 0.2) is 0 Å². The molecule has 0 bridgehead atoms. The van der Waals surface area contributed by atoms with Gasteiger partial charge < -0.3 is 10.2 Å². The van der Waals surface area contributed by atoms with E-state index in [0.29, 0.717) is 5.52 Å². The molecule has 1 amide bonds. The molecule has 0 saturated carbocycles. The Morgan fingerprint density at radius 2 is 2.11 bits per heavy atom. The average Bonchev–Trinajstić information content (AvgIpc) is 3.03. The Balaban J connectivity index is 1.65. The molecule has 1 fully saturated rings. The molecule has 1 aliphatic heterocycles. The Labute approximate surface area is 154 Å². The smallest absolute Gasteiger partial charge is 0.275 e. The van der Waals surface area contributed by atoms with Crippen LogP contribution in [-0.2, 0) is 0 Å². The number of benzene rings is 1. The quantitative estimate of drug-likeness (QED) is 0.740. The monoisotopic (exact) mass is 369 g/mol. The zero-order valence-electron chi connectivity index (χ0n) is 14.9. The predicted octanol–water partition coefficient (Wildman–Crippen LogP) is 2.06. The first kappa shape index (κ1) is 17.3. The normalized spacial score (nSPS) is 15.3. The Morgan fingerprint density at radius 3 is 2.78 bits per heavy atom. The van der Waals surface area contributed by atoms with Crippen molar-refractivity contribution >= 4 is 22.5 Å². The third kappa shape index (κ3) is 3.07. The maximum absolute atomic E-state index is 13.9. The number of carbonyl (C=O) groups excluding carboxylic acids is 1. The Bertz CT molecular complexity index is 1040. The number of piperidine rings is 1. The van der Waals surface area contributed by atoms with Crippen LogP contribution in [0.3, 0.4) is 0 Å². The second-order valence-electron chi connectivity index (χ2n) is 6.67. The van der Waals surface area contributed by atoms with E-state index in [1.54, 1.807) is 6.20 Å². The van der Waals surface area contributed by atoms with Crippen molar-refractivity contribution in [1.29, 1.82) is 0 Å². The molecule has 3 heterocycles. The molecule has 7 nitrogen and oxygen atoms in total. The van der Waals surface area contributed by atoms with Gasteiger partial charge in [-0.05, 0) is 37.1 Å². The van der Waals surface area contributed by atoms with E-state index in [0.717, 1.165) is 37.7 Å². The van der Waals surface area contributed by atoms with Gasteiger partial charge in [0, 0.05) is 26.3 Å². The lowest BCUT2D eigenvalue weighted by Gasteiger charge is -2.33. The third-order valence-corrected chi connectivity index (χ3v) is 5.09. The van der Waals surface area contributed by atoms with Gasteiger partial charge in [0.1, 0.15) is 5.82 Å². The number of nitrogens with one attached hydrogen (secondary N) is 2. The first-order valence-corrected chi connectivity index (χ1v) is 8.89. The molecule has 1 aliphatic rings. The van der Waals surface area contributed by atoms with Crippen molar-refractivity contribution in [2.75, 3.05) is 25.0 Å². The number of pyridine rings is 1. The molecule has 0 aliphatic carbocycles. The number of halogens is 1. The number of amides is 1. The van der Waals surface area contributed by atoms with E-state index < -0.39 is 11.7 Å². The first-order valence-electron chi connectivity index (χ1n) is 8.89. The number of hydrogen-bond acceptors (Lipinski definition) is 4.